The van der Waals surface area contributed by atoms with Crippen LogP contribution in [0.25, 0.3) is 0 Å². The minimum Gasteiger partial charge on any atom is -0.359 e. The highest BCUT2D eigenvalue weighted by Crippen LogP contribution is 2.33. The van der Waals surface area contributed by atoms with E-state index in [4.69, 9.17) is 0 Å². The van der Waals surface area contributed by atoms with Crippen molar-refractivity contribution >= 4 is 5.69 Å². The zero-order chi connectivity index (χ0) is 13.9. The zero-order valence-corrected chi connectivity index (χ0v) is 11.5. The SMILES string of the molecule is C=C1CCc2cc(C(C)(C)C)c(F)cc2N1.CF. The van der Waals surface area contributed by atoms with E-state index in [0.717, 1.165) is 29.8 Å². The van der Waals surface area contributed by atoms with Gasteiger partial charge in [0.2, 0.25) is 0 Å². The fourth-order valence-electron chi connectivity index (χ4n) is 2.05. The summed E-state index contributed by atoms with van der Waals surface area (Å²) in [7, 11) is 0.500. The Hall–Kier alpha value is -1.38. The van der Waals surface area contributed by atoms with Crippen molar-refractivity contribution in [2.24, 2.45) is 0 Å². The van der Waals surface area contributed by atoms with Crippen molar-refractivity contribution in [3.8, 4) is 0 Å². The van der Waals surface area contributed by atoms with Crippen LogP contribution >= 0.6 is 0 Å². The highest BCUT2D eigenvalue weighted by molar-refractivity contribution is 5.59. The highest BCUT2D eigenvalue weighted by Gasteiger charge is 2.22. The van der Waals surface area contributed by atoms with E-state index < -0.39 is 0 Å². The Kier molecular flexibility index (Phi) is 4.49. The number of alkyl halides is 1. The van der Waals surface area contributed by atoms with Crippen molar-refractivity contribution < 1.29 is 8.78 Å². The average molecular weight is 253 g/mol. The van der Waals surface area contributed by atoms with Gasteiger partial charge in [-0.2, -0.15) is 0 Å². The van der Waals surface area contributed by atoms with Crippen LogP contribution in [0.1, 0.15) is 38.3 Å². The number of benzene rings is 1. The Labute approximate surface area is 108 Å². The Morgan fingerprint density at radius 3 is 2.33 bits per heavy atom. The third-order valence-electron chi connectivity index (χ3n) is 3.01. The molecule has 0 bridgehead atoms. The van der Waals surface area contributed by atoms with Gasteiger partial charge >= 0.3 is 0 Å². The van der Waals surface area contributed by atoms with E-state index in [1.165, 1.54) is 5.56 Å². The van der Waals surface area contributed by atoms with Crippen molar-refractivity contribution in [1.82, 2.24) is 0 Å². The van der Waals surface area contributed by atoms with Gasteiger partial charge in [0.05, 0.1) is 7.18 Å². The maximum atomic E-state index is 13.9. The molecule has 3 heteroatoms. The molecule has 1 aliphatic rings. The normalized spacial score (nSPS) is 14.2. The molecule has 0 spiro atoms. The van der Waals surface area contributed by atoms with E-state index in [2.05, 4.69) is 11.9 Å². The molecule has 0 fully saturated rings. The van der Waals surface area contributed by atoms with E-state index in [0.29, 0.717) is 7.18 Å². The first kappa shape index (κ1) is 14.7. The molecule has 0 saturated heterocycles. The van der Waals surface area contributed by atoms with Crippen LogP contribution in [0.5, 0.6) is 0 Å². The molecule has 0 radical (unpaired) electrons. The molecule has 18 heavy (non-hydrogen) atoms. The summed E-state index contributed by atoms with van der Waals surface area (Å²) in [4.78, 5) is 0. The quantitative estimate of drug-likeness (QED) is 0.713. The van der Waals surface area contributed by atoms with Crippen LogP contribution < -0.4 is 5.32 Å². The predicted octanol–water partition coefficient (Wildman–Crippen LogP) is 4.58. The van der Waals surface area contributed by atoms with Crippen LogP contribution in [0.15, 0.2) is 24.4 Å². The molecular weight excluding hydrogens is 232 g/mol. The van der Waals surface area contributed by atoms with Gasteiger partial charge in [0, 0.05) is 11.4 Å². The second kappa shape index (κ2) is 5.51. The first-order valence-corrected chi connectivity index (χ1v) is 6.03. The number of hydrogen-bond donors (Lipinski definition) is 1. The summed E-state index contributed by atoms with van der Waals surface area (Å²) < 4.78 is 23.4. The lowest BCUT2D eigenvalue weighted by molar-refractivity contribution is 0.522. The summed E-state index contributed by atoms with van der Waals surface area (Å²) in [5, 5.41) is 3.14. The van der Waals surface area contributed by atoms with Crippen LogP contribution in [0, 0.1) is 5.82 Å². The second-order valence-corrected chi connectivity index (χ2v) is 5.47. The molecular formula is C15H21F2N. The van der Waals surface area contributed by atoms with Crippen LogP contribution in [-0.4, -0.2) is 7.18 Å². The zero-order valence-electron chi connectivity index (χ0n) is 11.5. The lowest BCUT2D eigenvalue weighted by Crippen LogP contribution is -2.17. The lowest BCUT2D eigenvalue weighted by atomic mass is 9.84. The molecule has 0 atom stereocenters. The van der Waals surface area contributed by atoms with Gasteiger partial charge in [-0.1, -0.05) is 33.4 Å². The van der Waals surface area contributed by atoms with Crippen molar-refractivity contribution in [3.05, 3.63) is 41.4 Å². The molecule has 0 amide bonds. The third-order valence-corrected chi connectivity index (χ3v) is 3.01. The Balaban J connectivity index is 0.000000771. The van der Waals surface area contributed by atoms with Gasteiger partial charge < -0.3 is 5.32 Å². The number of allylic oxidation sites excluding steroid dienone is 1. The summed E-state index contributed by atoms with van der Waals surface area (Å²) in [5.74, 6) is -0.131. The summed E-state index contributed by atoms with van der Waals surface area (Å²) in [6.07, 6.45) is 1.88. The van der Waals surface area contributed by atoms with Crippen molar-refractivity contribution in [2.45, 2.75) is 39.0 Å². The first-order valence-electron chi connectivity index (χ1n) is 6.03. The van der Waals surface area contributed by atoms with E-state index >= 15 is 0 Å². The topological polar surface area (TPSA) is 12.0 Å². The molecule has 0 aromatic heterocycles. The average Bonchev–Trinajstić information content (AvgIpc) is 2.29. The number of aryl methyl sites for hydroxylation is 1. The molecule has 0 unspecified atom stereocenters. The Morgan fingerprint density at radius 1 is 1.17 bits per heavy atom. The van der Waals surface area contributed by atoms with E-state index in [-0.39, 0.29) is 11.2 Å². The van der Waals surface area contributed by atoms with Crippen LogP contribution in [0.3, 0.4) is 0 Å². The van der Waals surface area contributed by atoms with Crippen LogP contribution in [0.2, 0.25) is 0 Å². The highest BCUT2D eigenvalue weighted by atomic mass is 19.1. The summed E-state index contributed by atoms with van der Waals surface area (Å²) in [5.41, 5.74) is 3.68. The monoisotopic (exact) mass is 253 g/mol. The Morgan fingerprint density at radius 2 is 1.78 bits per heavy atom. The van der Waals surface area contributed by atoms with Gasteiger partial charge in [-0.15, -0.1) is 0 Å². The van der Waals surface area contributed by atoms with E-state index in [1.54, 1.807) is 6.07 Å². The van der Waals surface area contributed by atoms with Crippen molar-refractivity contribution in [1.29, 1.82) is 0 Å². The smallest absolute Gasteiger partial charge is 0.129 e. The maximum Gasteiger partial charge on any atom is 0.129 e. The van der Waals surface area contributed by atoms with Gasteiger partial charge in [0.1, 0.15) is 5.82 Å². The molecule has 1 N–H and O–H groups in total. The van der Waals surface area contributed by atoms with Crippen molar-refractivity contribution in [2.75, 3.05) is 12.5 Å². The molecule has 1 heterocycles. The van der Waals surface area contributed by atoms with Gasteiger partial charge in [-0.3, -0.25) is 4.39 Å². The number of fused-ring (bicyclic) bond motifs is 1. The van der Waals surface area contributed by atoms with Gasteiger partial charge in [-0.25, -0.2) is 4.39 Å². The van der Waals surface area contributed by atoms with E-state index in [1.807, 2.05) is 26.8 Å². The number of anilines is 1. The van der Waals surface area contributed by atoms with Gasteiger partial charge in [-0.05, 0) is 35.4 Å². The van der Waals surface area contributed by atoms with Gasteiger partial charge in [0.15, 0.2) is 0 Å². The number of nitrogens with one attached hydrogen (secondary N) is 1. The molecule has 0 saturated carbocycles. The molecule has 0 aliphatic carbocycles. The maximum absolute atomic E-state index is 13.9. The summed E-state index contributed by atoms with van der Waals surface area (Å²) >= 11 is 0. The van der Waals surface area contributed by atoms with E-state index in [9.17, 15) is 8.78 Å². The predicted molar refractivity (Wildman–Crippen MR) is 73.2 cm³/mol. The molecule has 1 aromatic carbocycles. The summed E-state index contributed by atoms with van der Waals surface area (Å²) in [6.45, 7) is 9.98. The fraction of sp³-hybridized carbons (Fsp3) is 0.467. The third kappa shape index (κ3) is 3.09. The van der Waals surface area contributed by atoms with Crippen molar-refractivity contribution in [3.63, 3.8) is 0 Å². The minimum atomic E-state index is -0.145. The van der Waals surface area contributed by atoms with Crippen LogP contribution in [-0.2, 0) is 11.8 Å². The first-order chi connectivity index (χ1) is 8.38. The lowest BCUT2D eigenvalue weighted by Gasteiger charge is -2.25. The molecule has 1 aromatic rings. The molecule has 100 valence electrons. The largest absolute Gasteiger partial charge is 0.359 e. The molecule has 1 aliphatic heterocycles. The molecule has 1 nitrogen and oxygen atoms in total. The number of hydrogen-bond acceptors (Lipinski definition) is 1. The fourth-order valence-corrected chi connectivity index (χ4v) is 2.05. The number of rotatable bonds is 0. The van der Waals surface area contributed by atoms with Gasteiger partial charge in [0.25, 0.3) is 0 Å². The number of halogens is 2. The Bertz CT molecular complexity index is 445. The van der Waals surface area contributed by atoms with Crippen LogP contribution in [0.4, 0.5) is 14.5 Å². The second-order valence-electron chi connectivity index (χ2n) is 5.47. The minimum absolute atomic E-state index is 0.131. The standard InChI is InChI=1S/C14H18FN.CH3F/c1-9-5-6-10-7-11(14(2,3)4)12(15)8-13(10)16-9;1-2/h7-8,16H,1,5-6H2,2-4H3;1H3. The summed E-state index contributed by atoms with van der Waals surface area (Å²) in [6, 6.07) is 3.59. The molecule has 2 rings (SSSR count).